The number of hydrogen-bond donors (Lipinski definition) is 0. The van der Waals surface area contributed by atoms with Crippen LogP contribution in [0.5, 0.6) is 0 Å². The molecule has 0 saturated carbocycles. The predicted octanol–water partition coefficient (Wildman–Crippen LogP) is 4.31. The zero-order valence-corrected chi connectivity index (χ0v) is 10.8. The van der Waals surface area contributed by atoms with Gasteiger partial charge in [-0.05, 0) is 22.0 Å². The highest BCUT2D eigenvalue weighted by molar-refractivity contribution is 9.12. The normalized spacial score (nSPS) is 33.9. The minimum atomic E-state index is 0.497. The molecule has 0 nitrogen and oxygen atoms in total. The monoisotopic (exact) mass is 312 g/mol. The number of allylic oxidation sites excluding steroid dienone is 2. The molecule has 0 fully saturated rings. The molecule has 3 atom stereocenters. The van der Waals surface area contributed by atoms with Crippen molar-refractivity contribution in [2.24, 2.45) is 0 Å². The Bertz CT molecular complexity index is 409. The van der Waals surface area contributed by atoms with E-state index in [1.165, 1.54) is 22.0 Å². The van der Waals surface area contributed by atoms with Crippen LogP contribution in [0.25, 0.3) is 0 Å². The summed E-state index contributed by atoms with van der Waals surface area (Å²) >= 11 is 7.43. The molecule has 0 saturated heterocycles. The molecule has 0 heterocycles. The van der Waals surface area contributed by atoms with Crippen LogP contribution >= 0.6 is 31.9 Å². The second kappa shape index (κ2) is 3.21. The Balaban J connectivity index is 2.20. The van der Waals surface area contributed by atoms with Crippen LogP contribution in [-0.4, -0.2) is 4.83 Å². The third-order valence-electron chi connectivity index (χ3n) is 3.30. The summed E-state index contributed by atoms with van der Waals surface area (Å²) in [5, 5.41) is 0. The minimum Gasteiger partial charge on any atom is -0.0838 e. The number of rotatable bonds is 0. The third kappa shape index (κ3) is 1.17. The van der Waals surface area contributed by atoms with Crippen molar-refractivity contribution >= 4 is 31.9 Å². The molecule has 2 bridgehead atoms. The molecule has 0 amide bonds. The second-order valence-electron chi connectivity index (χ2n) is 4.02. The van der Waals surface area contributed by atoms with Crippen molar-refractivity contribution in [2.75, 3.05) is 0 Å². The van der Waals surface area contributed by atoms with E-state index in [1.807, 2.05) is 0 Å². The Morgan fingerprint density at radius 3 is 2.64 bits per heavy atom. The second-order valence-corrected chi connectivity index (χ2v) is 5.99. The van der Waals surface area contributed by atoms with E-state index in [-0.39, 0.29) is 0 Å². The number of alkyl halides is 1. The van der Waals surface area contributed by atoms with Gasteiger partial charge in [-0.2, -0.15) is 0 Å². The van der Waals surface area contributed by atoms with Crippen LogP contribution in [0.4, 0.5) is 0 Å². The molecular formula is C12H10Br2. The fourth-order valence-electron chi connectivity index (χ4n) is 2.62. The van der Waals surface area contributed by atoms with Crippen LogP contribution in [0.1, 0.15) is 29.4 Å². The molecular weight excluding hydrogens is 304 g/mol. The summed E-state index contributed by atoms with van der Waals surface area (Å²) in [7, 11) is 0. The van der Waals surface area contributed by atoms with Crippen LogP contribution in [-0.2, 0) is 0 Å². The third-order valence-corrected chi connectivity index (χ3v) is 5.02. The Morgan fingerprint density at radius 1 is 1.14 bits per heavy atom. The highest BCUT2D eigenvalue weighted by Crippen LogP contribution is 2.53. The molecule has 0 spiro atoms. The van der Waals surface area contributed by atoms with E-state index in [0.717, 1.165) is 0 Å². The van der Waals surface area contributed by atoms with Crippen molar-refractivity contribution in [3.63, 3.8) is 0 Å². The molecule has 3 rings (SSSR count). The highest BCUT2D eigenvalue weighted by Gasteiger charge is 2.38. The first-order valence-electron chi connectivity index (χ1n) is 4.87. The van der Waals surface area contributed by atoms with Crippen LogP contribution in [0, 0.1) is 0 Å². The van der Waals surface area contributed by atoms with Crippen molar-refractivity contribution in [3.05, 3.63) is 46.0 Å². The van der Waals surface area contributed by atoms with E-state index in [0.29, 0.717) is 16.7 Å². The van der Waals surface area contributed by atoms with Gasteiger partial charge in [-0.25, -0.2) is 0 Å². The van der Waals surface area contributed by atoms with Gasteiger partial charge in [0.2, 0.25) is 0 Å². The minimum absolute atomic E-state index is 0.497. The van der Waals surface area contributed by atoms with Crippen molar-refractivity contribution in [2.45, 2.75) is 23.1 Å². The predicted molar refractivity (Wildman–Crippen MR) is 66.3 cm³/mol. The van der Waals surface area contributed by atoms with Gasteiger partial charge in [0, 0.05) is 16.7 Å². The average molecular weight is 314 g/mol. The molecule has 2 aliphatic rings. The number of halogens is 2. The van der Waals surface area contributed by atoms with Gasteiger partial charge in [0.25, 0.3) is 0 Å². The van der Waals surface area contributed by atoms with E-state index in [1.54, 1.807) is 0 Å². The summed E-state index contributed by atoms with van der Waals surface area (Å²) in [6.45, 7) is 0. The smallest absolute Gasteiger partial charge is 0.0405 e. The van der Waals surface area contributed by atoms with Crippen molar-refractivity contribution in [3.8, 4) is 0 Å². The molecule has 1 aromatic carbocycles. The molecule has 3 unspecified atom stereocenters. The summed E-state index contributed by atoms with van der Waals surface area (Å²) in [6, 6.07) is 8.82. The van der Waals surface area contributed by atoms with Gasteiger partial charge in [0.05, 0.1) is 0 Å². The first-order valence-corrected chi connectivity index (χ1v) is 6.58. The molecule has 2 aliphatic carbocycles. The lowest BCUT2D eigenvalue weighted by Gasteiger charge is -2.21. The molecule has 0 radical (unpaired) electrons. The first-order chi connectivity index (χ1) is 6.77. The maximum atomic E-state index is 3.75. The Labute approximate surface area is 101 Å². The van der Waals surface area contributed by atoms with Crippen LogP contribution in [0.15, 0.2) is 34.8 Å². The van der Waals surface area contributed by atoms with Gasteiger partial charge in [0.15, 0.2) is 0 Å². The highest BCUT2D eigenvalue weighted by atomic mass is 79.9. The molecule has 2 heteroatoms. The quantitative estimate of drug-likeness (QED) is 0.626. The van der Waals surface area contributed by atoms with E-state index < -0.39 is 0 Å². The van der Waals surface area contributed by atoms with E-state index >= 15 is 0 Å². The topological polar surface area (TPSA) is 0 Å². The van der Waals surface area contributed by atoms with Crippen molar-refractivity contribution in [1.29, 1.82) is 0 Å². The van der Waals surface area contributed by atoms with Crippen LogP contribution < -0.4 is 0 Å². The zero-order valence-electron chi connectivity index (χ0n) is 7.58. The van der Waals surface area contributed by atoms with Gasteiger partial charge in [-0.1, -0.05) is 62.2 Å². The molecule has 72 valence electrons. The lowest BCUT2D eigenvalue weighted by molar-refractivity contribution is 0.638. The lowest BCUT2D eigenvalue weighted by Crippen LogP contribution is -2.11. The summed E-state index contributed by atoms with van der Waals surface area (Å²) < 4.78 is 1.35. The molecule has 1 aromatic rings. The largest absolute Gasteiger partial charge is 0.0838 e. The number of hydrogen-bond acceptors (Lipinski definition) is 0. The fraction of sp³-hybridized carbons (Fsp3) is 0.333. The zero-order chi connectivity index (χ0) is 9.71. The van der Waals surface area contributed by atoms with Gasteiger partial charge < -0.3 is 0 Å². The molecule has 0 aromatic heterocycles. The van der Waals surface area contributed by atoms with Gasteiger partial charge in [-0.15, -0.1) is 0 Å². The van der Waals surface area contributed by atoms with Crippen LogP contribution in [0.2, 0.25) is 0 Å². The summed E-state index contributed by atoms with van der Waals surface area (Å²) in [5.41, 5.74) is 3.05. The van der Waals surface area contributed by atoms with Gasteiger partial charge in [0.1, 0.15) is 0 Å². The number of fused-ring (bicyclic) bond motifs is 5. The van der Waals surface area contributed by atoms with E-state index in [2.05, 4.69) is 62.2 Å². The lowest BCUT2D eigenvalue weighted by atomic mass is 9.93. The van der Waals surface area contributed by atoms with Gasteiger partial charge >= 0.3 is 0 Å². The standard InChI is InChI=1S/C12H10Br2/c13-11-6-12(14)10-5-9(11)7-3-1-2-4-8(7)10/h1-4,6,9-11H,5H2. The SMILES string of the molecule is BrC1=CC(Br)C2CC1c1ccccc12. The molecule has 0 aliphatic heterocycles. The summed E-state index contributed by atoms with van der Waals surface area (Å²) in [4.78, 5) is 0.497. The Hall–Kier alpha value is -0.0800. The molecule has 0 N–H and O–H groups in total. The van der Waals surface area contributed by atoms with Gasteiger partial charge in [-0.3, -0.25) is 0 Å². The Kier molecular flexibility index (Phi) is 2.10. The fourth-order valence-corrected chi connectivity index (χ4v) is 4.48. The van der Waals surface area contributed by atoms with Crippen molar-refractivity contribution in [1.82, 2.24) is 0 Å². The van der Waals surface area contributed by atoms with Crippen molar-refractivity contribution < 1.29 is 0 Å². The Morgan fingerprint density at radius 2 is 1.86 bits per heavy atom. The van der Waals surface area contributed by atoms with E-state index in [4.69, 9.17) is 0 Å². The summed E-state index contributed by atoms with van der Waals surface area (Å²) in [6.07, 6.45) is 3.56. The average Bonchev–Trinajstić information content (AvgIpc) is 2.52. The first kappa shape index (κ1) is 9.17. The maximum Gasteiger partial charge on any atom is 0.0405 e. The van der Waals surface area contributed by atoms with Crippen LogP contribution in [0.3, 0.4) is 0 Å². The molecule has 14 heavy (non-hydrogen) atoms. The van der Waals surface area contributed by atoms with E-state index in [9.17, 15) is 0 Å². The number of benzene rings is 1. The summed E-state index contributed by atoms with van der Waals surface area (Å²) in [5.74, 6) is 1.29. The maximum absolute atomic E-state index is 3.75.